The van der Waals surface area contributed by atoms with Crippen LogP contribution in [0.3, 0.4) is 0 Å². The number of carbonyl (C=O) groups is 1. The zero-order valence-corrected chi connectivity index (χ0v) is 11.0. The smallest absolute Gasteiger partial charge is 0.280 e. The highest BCUT2D eigenvalue weighted by atomic mass is 16.6. The molecule has 0 atom stereocenters. The Balaban J connectivity index is 2.56. The zero-order valence-electron chi connectivity index (χ0n) is 11.0. The molecule has 3 N–H and O–H groups in total. The number of nitro benzene ring substituents is 2. The predicted octanol–water partition coefficient (Wildman–Crippen LogP) is 0.0945. The fourth-order valence-corrected chi connectivity index (χ4v) is 1.53. The van der Waals surface area contributed by atoms with E-state index in [2.05, 4.69) is 5.32 Å². The van der Waals surface area contributed by atoms with E-state index in [1.807, 2.05) is 0 Å². The van der Waals surface area contributed by atoms with Gasteiger partial charge in [0.2, 0.25) is 5.91 Å². The second-order valence-corrected chi connectivity index (χ2v) is 4.02. The lowest BCUT2D eigenvalue weighted by molar-refractivity contribution is -0.394. The highest BCUT2D eigenvalue weighted by Gasteiger charge is 2.18. The van der Waals surface area contributed by atoms with Crippen molar-refractivity contribution in [3.63, 3.8) is 0 Å². The van der Waals surface area contributed by atoms with Crippen molar-refractivity contribution in [2.24, 2.45) is 5.73 Å². The van der Waals surface area contributed by atoms with Gasteiger partial charge in [-0.25, -0.2) is 0 Å². The number of ether oxygens (including phenoxy) is 1. The lowest BCUT2D eigenvalue weighted by Gasteiger charge is -2.06. The summed E-state index contributed by atoms with van der Waals surface area (Å²) >= 11 is 0. The van der Waals surface area contributed by atoms with E-state index >= 15 is 0 Å². The highest BCUT2D eigenvalue weighted by Crippen LogP contribution is 2.24. The monoisotopic (exact) mass is 298 g/mol. The summed E-state index contributed by atoms with van der Waals surface area (Å²) in [5.74, 6) is -0.582. The summed E-state index contributed by atoms with van der Waals surface area (Å²) in [6.07, 6.45) is 0. The van der Waals surface area contributed by atoms with Gasteiger partial charge in [0, 0.05) is 24.7 Å². The average molecular weight is 298 g/mol. The molecule has 1 aromatic carbocycles. The number of hydrogen-bond acceptors (Lipinski definition) is 7. The second-order valence-electron chi connectivity index (χ2n) is 4.02. The second kappa shape index (κ2) is 7.87. The first-order chi connectivity index (χ1) is 9.91. The van der Waals surface area contributed by atoms with E-state index in [4.69, 9.17) is 10.5 Å². The molecule has 0 aliphatic rings. The molecule has 0 aliphatic heterocycles. The van der Waals surface area contributed by atoms with Crippen LogP contribution in [0.1, 0.15) is 5.56 Å². The Labute approximate surface area is 119 Å². The summed E-state index contributed by atoms with van der Waals surface area (Å²) in [5.41, 5.74) is 4.53. The van der Waals surface area contributed by atoms with Gasteiger partial charge in [-0.05, 0) is 6.07 Å². The number of nitrogens with one attached hydrogen (secondary N) is 1. The summed E-state index contributed by atoms with van der Waals surface area (Å²) in [5, 5.41) is 24.3. The minimum Gasteiger partial charge on any atom is -0.370 e. The van der Waals surface area contributed by atoms with Crippen molar-refractivity contribution >= 4 is 17.3 Å². The molecule has 21 heavy (non-hydrogen) atoms. The van der Waals surface area contributed by atoms with Crippen LogP contribution in [0.5, 0.6) is 0 Å². The Kier molecular flexibility index (Phi) is 6.17. The third kappa shape index (κ3) is 5.50. The van der Waals surface area contributed by atoms with E-state index in [0.717, 1.165) is 6.07 Å². The Morgan fingerprint density at radius 2 is 2.00 bits per heavy atom. The van der Waals surface area contributed by atoms with E-state index in [1.165, 1.54) is 12.1 Å². The first-order valence-corrected chi connectivity index (χ1v) is 5.90. The van der Waals surface area contributed by atoms with Crippen LogP contribution in [0.2, 0.25) is 0 Å². The van der Waals surface area contributed by atoms with Crippen LogP contribution in [-0.2, 0) is 16.1 Å². The largest absolute Gasteiger partial charge is 0.370 e. The van der Waals surface area contributed by atoms with E-state index in [1.54, 1.807) is 0 Å². The highest BCUT2D eigenvalue weighted by molar-refractivity contribution is 5.74. The molecule has 0 bridgehead atoms. The first kappa shape index (κ1) is 16.5. The Bertz CT molecular complexity index is 548. The van der Waals surface area contributed by atoms with Gasteiger partial charge < -0.3 is 15.8 Å². The van der Waals surface area contributed by atoms with Crippen LogP contribution in [0.4, 0.5) is 11.4 Å². The molecule has 10 heteroatoms. The summed E-state index contributed by atoms with van der Waals surface area (Å²) in [4.78, 5) is 30.5. The van der Waals surface area contributed by atoms with Gasteiger partial charge in [-0.15, -0.1) is 0 Å². The topological polar surface area (TPSA) is 151 Å². The molecule has 0 saturated heterocycles. The number of benzene rings is 1. The number of hydrogen-bond donors (Lipinski definition) is 2. The maximum Gasteiger partial charge on any atom is 0.280 e. The minimum atomic E-state index is -0.693. The van der Waals surface area contributed by atoms with Gasteiger partial charge in [0.1, 0.15) is 6.61 Å². The Morgan fingerprint density at radius 3 is 2.57 bits per heavy atom. The van der Waals surface area contributed by atoms with Crippen molar-refractivity contribution < 1.29 is 19.4 Å². The molecule has 1 amide bonds. The normalized spacial score (nSPS) is 10.3. The Morgan fingerprint density at radius 1 is 1.29 bits per heavy atom. The quantitative estimate of drug-likeness (QED) is 0.372. The van der Waals surface area contributed by atoms with E-state index in [0.29, 0.717) is 12.1 Å². The SMILES string of the molecule is NC(=O)COCCNCc1ccc([N+](=O)[O-])cc1[N+](=O)[O-]. The van der Waals surface area contributed by atoms with Crippen LogP contribution in [0.25, 0.3) is 0 Å². The fourth-order valence-electron chi connectivity index (χ4n) is 1.53. The lowest BCUT2D eigenvalue weighted by Crippen LogP contribution is -2.24. The third-order valence-corrected chi connectivity index (χ3v) is 2.46. The third-order valence-electron chi connectivity index (χ3n) is 2.46. The van der Waals surface area contributed by atoms with E-state index in [9.17, 15) is 25.0 Å². The fraction of sp³-hybridized carbons (Fsp3) is 0.364. The molecule has 1 aromatic rings. The lowest BCUT2D eigenvalue weighted by atomic mass is 10.1. The number of non-ortho nitro benzene ring substituents is 1. The standard InChI is InChI=1S/C11H14N4O6/c12-11(16)7-21-4-3-13-6-8-1-2-9(14(17)18)5-10(8)15(19)20/h1-2,5,13H,3-4,6-7H2,(H2,12,16). The maximum atomic E-state index is 10.9. The molecule has 0 aliphatic carbocycles. The van der Waals surface area contributed by atoms with Crippen molar-refractivity contribution in [1.29, 1.82) is 0 Å². The number of nitro groups is 2. The molecule has 114 valence electrons. The van der Waals surface area contributed by atoms with Gasteiger partial charge in [-0.3, -0.25) is 25.0 Å². The molecule has 0 fully saturated rings. The van der Waals surface area contributed by atoms with Gasteiger partial charge >= 0.3 is 0 Å². The van der Waals surface area contributed by atoms with Crippen molar-refractivity contribution in [3.05, 3.63) is 44.0 Å². The number of primary amides is 1. The van der Waals surface area contributed by atoms with Gasteiger partial charge in [0.05, 0.1) is 22.5 Å². The van der Waals surface area contributed by atoms with Gasteiger partial charge in [-0.2, -0.15) is 0 Å². The Hall–Kier alpha value is -2.59. The molecule has 0 radical (unpaired) electrons. The maximum absolute atomic E-state index is 10.9. The first-order valence-electron chi connectivity index (χ1n) is 5.90. The van der Waals surface area contributed by atoms with E-state index < -0.39 is 15.8 Å². The van der Waals surface area contributed by atoms with Crippen molar-refractivity contribution in [2.45, 2.75) is 6.54 Å². The van der Waals surface area contributed by atoms with Crippen molar-refractivity contribution in [2.75, 3.05) is 19.8 Å². The summed E-state index contributed by atoms with van der Waals surface area (Å²) in [6, 6.07) is 3.45. The average Bonchev–Trinajstić information content (AvgIpc) is 2.42. The van der Waals surface area contributed by atoms with Crippen LogP contribution in [0, 0.1) is 20.2 Å². The van der Waals surface area contributed by atoms with Crippen LogP contribution >= 0.6 is 0 Å². The number of nitrogens with two attached hydrogens (primary N) is 1. The zero-order chi connectivity index (χ0) is 15.8. The van der Waals surface area contributed by atoms with Crippen molar-refractivity contribution in [3.8, 4) is 0 Å². The number of amides is 1. The van der Waals surface area contributed by atoms with Crippen molar-refractivity contribution in [1.82, 2.24) is 5.32 Å². The summed E-state index contributed by atoms with van der Waals surface area (Å²) in [6.45, 7) is 0.513. The van der Waals surface area contributed by atoms with Crippen LogP contribution in [0.15, 0.2) is 18.2 Å². The molecule has 0 saturated carbocycles. The molecule has 0 unspecified atom stereocenters. The molecule has 1 rings (SSSR count). The molecule has 0 aromatic heterocycles. The van der Waals surface area contributed by atoms with Gasteiger partial charge in [0.25, 0.3) is 11.4 Å². The van der Waals surface area contributed by atoms with Crippen LogP contribution < -0.4 is 11.1 Å². The molecule has 10 nitrogen and oxygen atoms in total. The van der Waals surface area contributed by atoms with Crippen LogP contribution in [-0.4, -0.2) is 35.5 Å². The predicted molar refractivity (Wildman–Crippen MR) is 71.5 cm³/mol. The summed E-state index contributed by atoms with van der Waals surface area (Å²) < 4.78 is 4.90. The molecular weight excluding hydrogens is 284 g/mol. The van der Waals surface area contributed by atoms with Gasteiger partial charge in [0.15, 0.2) is 0 Å². The minimum absolute atomic E-state index is 0.147. The molecule has 0 spiro atoms. The number of nitrogens with zero attached hydrogens (tertiary/aromatic N) is 2. The molecular formula is C11H14N4O6. The van der Waals surface area contributed by atoms with E-state index in [-0.39, 0.29) is 31.1 Å². The number of carbonyl (C=O) groups excluding carboxylic acids is 1. The molecule has 0 heterocycles. The number of rotatable bonds is 9. The summed E-state index contributed by atoms with van der Waals surface area (Å²) in [7, 11) is 0. The van der Waals surface area contributed by atoms with Gasteiger partial charge in [-0.1, -0.05) is 0 Å².